The lowest BCUT2D eigenvalue weighted by Crippen LogP contribution is -2.39. The van der Waals surface area contributed by atoms with Gasteiger partial charge in [-0.25, -0.2) is 13.4 Å². The third-order valence-electron chi connectivity index (χ3n) is 5.55. The first kappa shape index (κ1) is 22.8. The van der Waals surface area contributed by atoms with Crippen LogP contribution in [-0.4, -0.2) is 59.1 Å². The summed E-state index contributed by atoms with van der Waals surface area (Å²) in [7, 11) is -1.46. The largest absolute Gasteiger partial charge is 0.341 e. The number of sulfone groups is 1. The Kier molecular flexibility index (Phi) is 6.60. The van der Waals surface area contributed by atoms with Crippen LogP contribution < -0.4 is 5.56 Å². The highest BCUT2D eigenvalue weighted by molar-refractivity contribution is 7.99. The molecule has 1 atom stereocenters. The molecule has 0 unspecified atom stereocenters. The first-order chi connectivity index (χ1) is 15.2. The van der Waals surface area contributed by atoms with Crippen molar-refractivity contribution in [1.82, 2.24) is 14.5 Å². The minimum atomic E-state index is -3.08. The smallest absolute Gasteiger partial charge is 0.262 e. The molecule has 2 heterocycles. The number of para-hydroxylation sites is 1. The van der Waals surface area contributed by atoms with Gasteiger partial charge >= 0.3 is 0 Å². The zero-order valence-corrected chi connectivity index (χ0v) is 19.8. The van der Waals surface area contributed by atoms with E-state index in [0.717, 1.165) is 5.56 Å². The van der Waals surface area contributed by atoms with Crippen molar-refractivity contribution in [1.29, 1.82) is 0 Å². The fraction of sp³-hybridized carbons (Fsp3) is 0.318. The van der Waals surface area contributed by atoms with E-state index < -0.39 is 9.84 Å². The average molecular weight is 492 g/mol. The monoisotopic (exact) mass is 491 g/mol. The third-order valence-corrected chi connectivity index (χ3v) is 8.52. The van der Waals surface area contributed by atoms with Gasteiger partial charge in [0.1, 0.15) is 0 Å². The molecule has 0 N–H and O–H groups in total. The topological polar surface area (TPSA) is 89.3 Å². The summed E-state index contributed by atoms with van der Waals surface area (Å²) in [6.07, 6.45) is 0.449. The van der Waals surface area contributed by atoms with Crippen molar-refractivity contribution in [3.8, 4) is 0 Å². The SMILES string of the molecule is CN(C(=O)CSc1nc2ccccc2c(=O)n1Cc1ccc(Cl)cc1)[C@H]1CCS(=O)(=O)C1. The normalized spacial score (nSPS) is 17.5. The quantitative estimate of drug-likeness (QED) is 0.389. The molecule has 1 amide bonds. The van der Waals surface area contributed by atoms with Gasteiger partial charge in [-0.15, -0.1) is 0 Å². The fourth-order valence-electron chi connectivity index (χ4n) is 3.68. The number of carbonyl (C=O) groups excluding carboxylic acids is 1. The van der Waals surface area contributed by atoms with Gasteiger partial charge in [0, 0.05) is 18.1 Å². The molecule has 0 aliphatic carbocycles. The second kappa shape index (κ2) is 9.25. The molecule has 10 heteroatoms. The summed E-state index contributed by atoms with van der Waals surface area (Å²) in [4.78, 5) is 32.1. The van der Waals surface area contributed by atoms with Gasteiger partial charge in [0.15, 0.2) is 15.0 Å². The Bertz CT molecular complexity index is 1320. The van der Waals surface area contributed by atoms with Crippen LogP contribution in [0, 0.1) is 0 Å². The average Bonchev–Trinajstić information content (AvgIpc) is 3.14. The van der Waals surface area contributed by atoms with Crippen LogP contribution in [0.5, 0.6) is 0 Å². The number of rotatable bonds is 6. The predicted octanol–water partition coefficient (Wildman–Crippen LogP) is 2.84. The number of aromatic nitrogens is 2. The van der Waals surface area contributed by atoms with Crippen LogP contribution in [0.4, 0.5) is 0 Å². The highest BCUT2D eigenvalue weighted by atomic mass is 35.5. The van der Waals surface area contributed by atoms with E-state index in [1.54, 1.807) is 41.9 Å². The number of fused-ring (bicyclic) bond motifs is 1. The summed E-state index contributed by atoms with van der Waals surface area (Å²) < 4.78 is 25.1. The van der Waals surface area contributed by atoms with E-state index >= 15 is 0 Å². The molecule has 168 valence electrons. The molecule has 1 aliphatic heterocycles. The summed E-state index contributed by atoms with van der Waals surface area (Å²) in [5.74, 6) is -0.0408. The summed E-state index contributed by atoms with van der Waals surface area (Å²) in [5, 5.41) is 1.55. The second-order valence-electron chi connectivity index (χ2n) is 7.78. The van der Waals surface area contributed by atoms with Crippen molar-refractivity contribution >= 4 is 50.0 Å². The number of halogens is 1. The summed E-state index contributed by atoms with van der Waals surface area (Å²) in [6.45, 7) is 0.293. The van der Waals surface area contributed by atoms with Crippen LogP contribution in [0.15, 0.2) is 58.5 Å². The Labute approximate surface area is 195 Å². The Morgan fingerprint density at radius 2 is 1.94 bits per heavy atom. The van der Waals surface area contributed by atoms with E-state index in [4.69, 9.17) is 11.6 Å². The first-order valence-corrected chi connectivity index (χ1v) is 13.2. The molecule has 1 aromatic heterocycles. The molecule has 7 nitrogen and oxygen atoms in total. The van der Waals surface area contributed by atoms with E-state index in [0.29, 0.717) is 34.0 Å². The van der Waals surface area contributed by atoms with Gasteiger partial charge in [-0.3, -0.25) is 14.2 Å². The number of benzene rings is 2. The minimum Gasteiger partial charge on any atom is -0.341 e. The van der Waals surface area contributed by atoms with Gasteiger partial charge in [-0.05, 0) is 36.2 Å². The maximum absolute atomic E-state index is 13.2. The second-order valence-corrected chi connectivity index (χ2v) is 11.4. The van der Waals surface area contributed by atoms with E-state index in [-0.39, 0.29) is 34.8 Å². The van der Waals surface area contributed by atoms with Crippen LogP contribution >= 0.6 is 23.4 Å². The zero-order chi connectivity index (χ0) is 22.9. The Morgan fingerprint density at radius 3 is 2.62 bits per heavy atom. The Morgan fingerprint density at radius 1 is 1.22 bits per heavy atom. The van der Waals surface area contributed by atoms with Gasteiger partial charge < -0.3 is 4.90 Å². The number of amides is 1. The van der Waals surface area contributed by atoms with Crippen molar-refractivity contribution in [3.05, 3.63) is 69.5 Å². The zero-order valence-electron chi connectivity index (χ0n) is 17.4. The third kappa shape index (κ3) is 5.00. The Hall–Kier alpha value is -2.36. The maximum atomic E-state index is 13.2. The lowest BCUT2D eigenvalue weighted by atomic mass is 10.2. The van der Waals surface area contributed by atoms with Crippen LogP contribution in [0.2, 0.25) is 5.02 Å². The number of nitrogens with zero attached hydrogens (tertiary/aromatic N) is 3. The predicted molar refractivity (Wildman–Crippen MR) is 127 cm³/mol. The summed E-state index contributed by atoms with van der Waals surface area (Å²) >= 11 is 7.15. The highest BCUT2D eigenvalue weighted by Gasteiger charge is 2.32. The molecule has 2 aromatic carbocycles. The van der Waals surface area contributed by atoms with Gasteiger partial charge in [-0.1, -0.05) is 47.6 Å². The highest BCUT2D eigenvalue weighted by Crippen LogP contribution is 2.22. The maximum Gasteiger partial charge on any atom is 0.262 e. The molecule has 32 heavy (non-hydrogen) atoms. The molecule has 1 fully saturated rings. The van der Waals surface area contributed by atoms with Crippen molar-refractivity contribution in [3.63, 3.8) is 0 Å². The summed E-state index contributed by atoms with van der Waals surface area (Å²) in [6, 6.07) is 14.0. The van der Waals surface area contributed by atoms with Crippen molar-refractivity contribution in [2.24, 2.45) is 0 Å². The van der Waals surface area contributed by atoms with Crippen LogP contribution in [-0.2, 0) is 21.2 Å². The lowest BCUT2D eigenvalue weighted by molar-refractivity contribution is -0.128. The number of hydrogen-bond donors (Lipinski definition) is 0. The molecule has 1 saturated heterocycles. The molecule has 1 aliphatic rings. The number of hydrogen-bond acceptors (Lipinski definition) is 6. The number of thioether (sulfide) groups is 1. The molecular formula is C22H22ClN3O4S2. The number of carbonyl (C=O) groups is 1. The van der Waals surface area contributed by atoms with Gasteiger partial charge in [-0.2, -0.15) is 0 Å². The van der Waals surface area contributed by atoms with Gasteiger partial charge in [0.25, 0.3) is 5.56 Å². The fourth-order valence-corrected chi connectivity index (χ4v) is 6.51. The van der Waals surface area contributed by atoms with Gasteiger partial charge in [0.2, 0.25) is 5.91 Å². The lowest BCUT2D eigenvalue weighted by Gasteiger charge is -2.23. The summed E-state index contributed by atoms with van der Waals surface area (Å²) in [5.41, 5.74) is 1.26. The van der Waals surface area contributed by atoms with Crippen molar-refractivity contribution in [2.75, 3.05) is 24.3 Å². The molecule has 0 saturated carbocycles. The first-order valence-electron chi connectivity index (χ1n) is 10.1. The standard InChI is InChI=1S/C22H22ClN3O4S2/c1-25(17-10-11-32(29,30)14-17)20(27)13-31-22-24-19-5-3-2-4-18(19)21(28)26(22)12-15-6-8-16(23)9-7-15/h2-9,17H,10-14H2,1H3/t17-/m0/s1. The van der Waals surface area contributed by atoms with E-state index in [2.05, 4.69) is 4.98 Å². The van der Waals surface area contributed by atoms with Gasteiger partial charge in [0.05, 0.1) is 34.7 Å². The molecule has 4 rings (SSSR count). The molecule has 0 bridgehead atoms. The van der Waals surface area contributed by atoms with Crippen molar-refractivity contribution < 1.29 is 13.2 Å². The Balaban J connectivity index is 1.60. The molecule has 3 aromatic rings. The van der Waals surface area contributed by atoms with Crippen molar-refractivity contribution in [2.45, 2.75) is 24.2 Å². The van der Waals surface area contributed by atoms with Crippen LogP contribution in [0.1, 0.15) is 12.0 Å². The van der Waals surface area contributed by atoms with E-state index in [1.165, 1.54) is 16.7 Å². The molecule has 0 spiro atoms. The van der Waals surface area contributed by atoms with E-state index in [9.17, 15) is 18.0 Å². The van der Waals surface area contributed by atoms with Crippen LogP contribution in [0.3, 0.4) is 0 Å². The van der Waals surface area contributed by atoms with Crippen LogP contribution in [0.25, 0.3) is 10.9 Å². The molecule has 0 radical (unpaired) electrons. The molecular weight excluding hydrogens is 470 g/mol. The minimum absolute atomic E-state index is 0.00456. The van der Waals surface area contributed by atoms with E-state index in [1.807, 2.05) is 18.2 Å².